The standard InChI is InChI=1S/C24H28N4O8S/c1-24(2,3)11-17(26-23(32)36-16-7-10-35-14-16)21(30)27-9-6-18-20(27)19(29)13-28(18)37(33,34)22(31)15-5-4-8-25-12-15/h4-5,7-8,10,12,14,17-18,20H,6,9,11,13H2,1-3H3,(H,26,32). The zero-order valence-electron chi connectivity index (χ0n) is 20.6. The number of hydrogen-bond acceptors (Lipinski definition) is 9. The number of amides is 2. The van der Waals surface area contributed by atoms with Gasteiger partial charge in [-0.2, -0.15) is 4.31 Å². The van der Waals surface area contributed by atoms with E-state index in [1.165, 1.54) is 41.8 Å². The summed E-state index contributed by atoms with van der Waals surface area (Å²) in [6.07, 6.45) is 4.64. The number of carbonyl (C=O) groups excluding carboxylic acids is 4. The number of carbonyl (C=O) groups is 4. The summed E-state index contributed by atoms with van der Waals surface area (Å²) in [6, 6.07) is 1.24. The lowest BCUT2D eigenvalue weighted by atomic mass is 9.87. The average Bonchev–Trinajstić information content (AvgIpc) is 3.56. The molecule has 0 radical (unpaired) electrons. The van der Waals surface area contributed by atoms with Crippen LogP contribution in [0.1, 0.15) is 44.0 Å². The minimum Gasteiger partial charge on any atom is -0.469 e. The molecule has 12 nitrogen and oxygen atoms in total. The molecule has 0 saturated carbocycles. The first-order valence-electron chi connectivity index (χ1n) is 11.7. The number of fused-ring (bicyclic) bond motifs is 1. The van der Waals surface area contributed by atoms with Crippen LogP contribution in [0.3, 0.4) is 0 Å². The molecule has 4 rings (SSSR count). The first-order chi connectivity index (χ1) is 17.4. The Balaban J connectivity index is 1.53. The van der Waals surface area contributed by atoms with Crippen molar-refractivity contribution in [2.24, 2.45) is 5.41 Å². The summed E-state index contributed by atoms with van der Waals surface area (Å²) in [4.78, 5) is 56.9. The fraction of sp³-hybridized carbons (Fsp3) is 0.458. The molecule has 0 bridgehead atoms. The molecule has 198 valence electrons. The van der Waals surface area contributed by atoms with Crippen molar-refractivity contribution in [3.63, 3.8) is 0 Å². The molecule has 3 unspecified atom stereocenters. The minimum absolute atomic E-state index is 0.0894. The molecule has 1 N–H and O–H groups in total. The smallest absolute Gasteiger partial charge is 0.413 e. The van der Waals surface area contributed by atoms with Crippen LogP contribution in [-0.2, 0) is 19.6 Å². The van der Waals surface area contributed by atoms with Crippen LogP contribution in [0.4, 0.5) is 4.79 Å². The molecule has 0 spiro atoms. The normalized spacial score (nSPS) is 20.9. The van der Waals surface area contributed by atoms with E-state index >= 15 is 0 Å². The first kappa shape index (κ1) is 26.5. The van der Waals surface area contributed by atoms with E-state index in [1.54, 1.807) is 0 Å². The molecule has 13 heteroatoms. The van der Waals surface area contributed by atoms with E-state index in [9.17, 15) is 27.6 Å². The van der Waals surface area contributed by atoms with E-state index < -0.39 is 57.6 Å². The summed E-state index contributed by atoms with van der Waals surface area (Å²) in [5.74, 6) is -0.863. The van der Waals surface area contributed by atoms with Gasteiger partial charge < -0.3 is 19.4 Å². The summed E-state index contributed by atoms with van der Waals surface area (Å²) in [5, 5.41) is 1.41. The molecule has 2 amide bonds. The lowest BCUT2D eigenvalue weighted by Gasteiger charge is -2.31. The number of hydrogen-bond donors (Lipinski definition) is 1. The number of ketones is 1. The largest absolute Gasteiger partial charge is 0.469 e. The van der Waals surface area contributed by atoms with E-state index in [1.807, 2.05) is 20.8 Å². The van der Waals surface area contributed by atoms with Gasteiger partial charge in [0.1, 0.15) is 18.3 Å². The van der Waals surface area contributed by atoms with Crippen LogP contribution < -0.4 is 10.1 Å². The maximum absolute atomic E-state index is 13.6. The van der Waals surface area contributed by atoms with Gasteiger partial charge in [-0.3, -0.25) is 19.4 Å². The number of furan rings is 1. The number of Topliss-reactive ketones (excluding diaryl/α,β-unsaturated/α-hetero) is 1. The summed E-state index contributed by atoms with van der Waals surface area (Å²) in [5.41, 5.74) is -0.497. The van der Waals surface area contributed by atoms with E-state index in [0.29, 0.717) is 0 Å². The quantitative estimate of drug-likeness (QED) is 0.583. The molecular formula is C24H28N4O8S. The predicted octanol–water partition coefficient (Wildman–Crippen LogP) is 1.59. The lowest BCUT2D eigenvalue weighted by molar-refractivity contribution is -0.138. The maximum Gasteiger partial charge on any atom is 0.413 e. The number of likely N-dealkylation sites (tertiary alicyclic amines) is 1. The summed E-state index contributed by atoms with van der Waals surface area (Å²) in [7, 11) is -4.53. The van der Waals surface area contributed by atoms with Crippen molar-refractivity contribution in [3.8, 4) is 5.75 Å². The van der Waals surface area contributed by atoms with Crippen molar-refractivity contribution in [1.82, 2.24) is 19.5 Å². The topological polar surface area (TPSA) is 156 Å². The van der Waals surface area contributed by atoms with Gasteiger partial charge in [-0.05, 0) is 30.4 Å². The predicted molar refractivity (Wildman–Crippen MR) is 129 cm³/mol. The van der Waals surface area contributed by atoms with Gasteiger partial charge in [0.15, 0.2) is 11.5 Å². The average molecular weight is 533 g/mol. The van der Waals surface area contributed by atoms with Gasteiger partial charge in [-0.15, -0.1) is 0 Å². The molecule has 2 fully saturated rings. The number of aromatic nitrogens is 1. The van der Waals surface area contributed by atoms with E-state index in [4.69, 9.17) is 9.15 Å². The molecule has 37 heavy (non-hydrogen) atoms. The van der Waals surface area contributed by atoms with Crippen LogP contribution in [0, 0.1) is 5.41 Å². The highest BCUT2D eigenvalue weighted by atomic mass is 32.2. The highest BCUT2D eigenvalue weighted by molar-refractivity contribution is 8.04. The third kappa shape index (κ3) is 5.57. The summed E-state index contributed by atoms with van der Waals surface area (Å²) >= 11 is 0. The molecule has 4 heterocycles. The monoisotopic (exact) mass is 532 g/mol. The summed E-state index contributed by atoms with van der Waals surface area (Å²) < 4.78 is 37.1. The molecule has 0 aromatic carbocycles. The Labute approximate surface area is 214 Å². The van der Waals surface area contributed by atoms with Crippen molar-refractivity contribution in [2.75, 3.05) is 13.1 Å². The Morgan fingerprint density at radius 1 is 1.27 bits per heavy atom. The van der Waals surface area contributed by atoms with Gasteiger partial charge in [0.25, 0.3) is 15.1 Å². The van der Waals surface area contributed by atoms with Crippen LogP contribution in [0.25, 0.3) is 0 Å². The number of ether oxygens (including phenoxy) is 1. The van der Waals surface area contributed by atoms with Gasteiger partial charge in [0.2, 0.25) is 5.91 Å². The van der Waals surface area contributed by atoms with Crippen LogP contribution >= 0.6 is 0 Å². The van der Waals surface area contributed by atoms with E-state index in [2.05, 4.69) is 10.3 Å². The number of nitrogens with zero attached hydrogens (tertiary/aromatic N) is 3. The number of pyridine rings is 1. The third-order valence-electron chi connectivity index (χ3n) is 6.21. The van der Waals surface area contributed by atoms with Crippen LogP contribution in [-0.4, -0.2) is 76.7 Å². The van der Waals surface area contributed by atoms with E-state index in [-0.39, 0.29) is 36.1 Å². The minimum atomic E-state index is -4.53. The Morgan fingerprint density at radius 2 is 2.03 bits per heavy atom. The maximum atomic E-state index is 13.6. The van der Waals surface area contributed by atoms with Crippen molar-refractivity contribution >= 4 is 32.9 Å². The van der Waals surface area contributed by atoms with Crippen LogP contribution in [0.15, 0.2) is 47.5 Å². The van der Waals surface area contributed by atoms with Gasteiger partial charge >= 0.3 is 6.09 Å². The Hall–Kier alpha value is -3.58. The molecule has 2 saturated heterocycles. The van der Waals surface area contributed by atoms with Gasteiger partial charge in [0.05, 0.1) is 24.4 Å². The molecule has 2 aliphatic heterocycles. The molecule has 2 aromatic heterocycles. The highest BCUT2D eigenvalue weighted by Gasteiger charge is 2.55. The third-order valence-corrected chi connectivity index (χ3v) is 7.93. The first-order valence-corrected chi connectivity index (χ1v) is 13.1. The van der Waals surface area contributed by atoms with Crippen molar-refractivity contribution in [2.45, 2.75) is 51.7 Å². The number of nitrogens with one attached hydrogen (secondary N) is 1. The molecule has 0 aliphatic carbocycles. The Bertz CT molecular complexity index is 1290. The van der Waals surface area contributed by atoms with Gasteiger partial charge in [-0.1, -0.05) is 20.8 Å². The fourth-order valence-corrected chi connectivity index (χ4v) is 6.19. The zero-order chi connectivity index (χ0) is 27.0. The fourth-order valence-electron chi connectivity index (χ4n) is 4.68. The Morgan fingerprint density at radius 3 is 2.65 bits per heavy atom. The summed E-state index contributed by atoms with van der Waals surface area (Å²) in [6.45, 7) is 5.24. The zero-order valence-corrected chi connectivity index (χ0v) is 21.4. The SMILES string of the molecule is CC(C)(C)CC(NC(=O)Oc1ccoc1)C(=O)N1CCC2C1C(=O)CN2S(=O)(=O)C(=O)c1cccnc1. The second-order valence-electron chi connectivity index (χ2n) is 10.2. The van der Waals surface area contributed by atoms with Crippen molar-refractivity contribution < 1.29 is 36.7 Å². The van der Waals surface area contributed by atoms with Gasteiger partial charge in [-0.25, -0.2) is 13.2 Å². The van der Waals surface area contributed by atoms with Gasteiger partial charge in [0, 0.05) is 25.0 Å². The molecular weight excluding hydrogens is 504 g/mol. The Kier molecular flexibility index (Phi) is 7.20. The second-order valence-corrected chi connectivity index (χ2v) is 12.0. The number of rotatable bonds is 6. The molecule has 2 aliphatic rings. The number of sulfonamides is 1. The molecule has 2 aromatic rings. The highest BCUT2D eigenvalue weighted by Crippen LogP contribution is 2.34. The van der Waals surface area contributed by atoms with Crippen LogP contribution in [0.5, 0.6) is 5.75 Å². The van der Waals surface area contributed by atoms with Crippen molar-refractivity contribution in [1.29, 1.82) is 0 Å². The lowest BCUT2D eigenvalue weighted by Crippen LogP contribution is -2.54. The second kappa shape index (κ2) is 10.1. The molecule has 3 atom stereocenters. The van der Waals surface area contributed by atoms with E-state index in [0.717, 1.165) is 10.5 Å². The van der Waals surface area contributed by atoms with Crippen molar-refractivity contribution in [3.05, 3.63) is 48.7 Å². The van der Waals surface area contributed by atoms with Crippen LogP contribution in [0.2, 0.25) is 0 Å².